The molecule has 0 saturated heterocycles. The quantitative estimate of drug-likeness (QED) is 0.633. The topological polar surface area (TPSA) is 76.1 Å². The van der Waals surface area contributed by atoms with Crippen molar-refractivity contribution in [1.29, 1.82) is 0 Å². The highest BCUT2D eigenvalue weighted by Gasteiger charge is 2.11. The molecule has 6 nitrogen and oxygen atoms in total. The number of rotatable bonds is 6. The Morgan fingerprint density at radius 1 is 0.963 bits per heavy atom. The third-order valence-corrected chi connectivity index (χ3v) is 3.87. The average molecular weight is 383 g/mol. The lowest BCUT2D eigenvalue weighted by molar-refractivity contribution is 0.102. The van der Waals surface area contributed by atoms with Crippen LogP contribution in [0.4, 0.5) is 17.3 Å². The van der Waals surface area contributed by atoms with E-state index in [0.717, 1.165) is 11.4 Å². The van der Waals surface area contributed by atoms with Crippen molar-refractivity contribution in [1.82, 2.24) is 10.2 Å². The Kier molecular flexibility index (Phi) is 5.88. The van der Waals surface area contributed by atoms with Crippen molar-refractivity contribution in [2.75, 3.05) is 10.6 Å². The zero-order valence-corrected chi connectivity index (χ0v) is 15.7. The van der Waals surface area contributed by atoms with Crippen molar-refractivity contribution in [3.8, 4) is 5.75 Å². The molecule has 0 bridgehead atoms. The van der Waals surface area contributed by atoms with Crippen molar-refractivity contribution in [3.63, 3.8) is 0 Å². The highest BCUT2D eigenvalue weighted by atomic mass is 35.5. The van der Waals surface area contributed by atoms with Crippen LogP contribution >= 0.6 is 11.6 Å². The summed E-state index contributed by atoms with van der Waals surface area (Å²) >= 11 is 6.03. The van der Waals surface area contributed by atoms with Crippen LogP contribution in [0.25, 0.3) is 0 Å². The first kappa shape index (κ1) is 18.7. The molecule has 0 aliphatic rings. The fraction of sp³-hybridized carbons (Fsp3) is 0.150. The Bertz CT molecular complexity index is 929. The average Bonchev–Trinajstić information content (AvgIpc) is 2.65. The van der Waals surface area contributed by atoms with Gasteiger partial charge in [-0.1, -0.05) is 35.9 Å². The van der Waals surface area contributed by atoms with E-state index in [9.17, 15) is 4.79 Å². The number of anilines is 3. The zero-order chi connectivity index (χ0) is 19.2. The van der Waals surface area contributed by atoms with Gasteiger partial charge < -0.3 is 15.4 Å². The molecule has 0 aliphatic heterocycles. The summed E-state index contributed by atoms with van der Waals surface area (Å²) < 4.78 is 5.77. The number of ether oxygens (including phenoxy) is 1. The first-order valence-corrected chi connectivity index (χ1v) is 8.83. The molecular weight excluding hydrogens is 364 g/mol. The van der Waals surface area contributed by atoms with Gasteiger partial charge >= 0.3 is 0 Å². The number of nitrogens with one attached hydrogen (secondary N) is 2. The molecule has 1 heterocycles. The Morgan fingerprint density at radius 2 is 1.63 bits per heavy atom. The number of hydrogen-bond donors (Lipinski definition) is 2. The number of carbonyl (C=O) groups excluding carboxylic acids is 1. The second-order valence-electron chi connectivity index (χ2n) is 6.03. The first-order chi connectivity index (χ1) is 13.0. The van der Waals surface area contributed by atoms with Crippen LogP contribution in [0.15, 0.2) is 60.7 Å². The molecule has 0 atom stereocenters. The van der Waals surface area contributed by atoms with Crippen LogP contribution in [0.5, 0.6) is 5.75 Å². The largest absolute Gasteiger partial charge is 0.489 e. The summed E-state index contributed by atoms with van der Waals surface area (Å²) in [7, 11) is 0. The van der Waals surface area contributed by atoms with E-state index in [2.05, 4.69) is 20.8 Å². The molecule has 0 unspecified atom stereocenters. The summed E-state index contributed by atoms with van der Waals surface area (Å²) in [5.74, 6) is 1.25. The van der Waals surface area contributed by atoms with Gasteiger partial charge in [0.05, 0.1) is 22.4 Å². The molecule has 0 saturated carbocycles. The highest BCUT2D eigenvalue weighted by Crippen LogP contribution is 2.27. The van der Waals surface area contributed by atoms with Gasteiger partial charge in [-0.3, -0.25) is 4.79 Å². The minimum Gasteiger partial charge on any atom is -0.489 e. The van der Waals surface area contributed by atoms with Crippen molar-refractivity contribution in [2.24, 2.45) is 0 Å². The fourth-order valence-electron chi connectivity index (χ4n) is 2.36. The number of hydrogen-bond acceptors (Lipinski definition) is 5. The maximum atomic E-state index is 12.3. The molecule has 3 aromatic rings. The predicted octanol–water partition coefficient (Wildman–Crippen LogP) is 4.91. The lowest BCUT2D eigenvalue weighted by Crippen LogP contribution is -2.14. The molecule has 0 fully saturated rings. The van der Waals surface area contributed by atoms with Crippen LogP contribution in [0.1, 0.15) is 24.2 Å². The van der Waals surface area contributed by atoms with Crippen molar-refractivity contribution < 1.29 is 9.53 Å². The normalized spacial score (nSPS) is 10.5. The summed E-state index contributed by atoms with van der Waals surface area (Å²) in [5, 5.41) is 14.4. The van der Waals surface area contributed by atoms with Gasteiger partial charge in [-0.15, -0.1) is 10.2 Å². The summed E-state index contributed by atoms with van der Waals surface area (Å²) in [6.45, 7) is 3.93. The number of nitrogens with zero attached hydrogens (tertiary/aromatic N) is 2. The molecule has 2 aromatic carbocycles. The Labute approximate surface area is 162 Å². The number of aromatic nitrogens is 2. The fourth-order valence-corrected chi connectivity index (χ4v) is 2.58. The SMILES string of the molecule is CC(C)Oc1ccccc1Nc1ccc(NC(=O)c2ccccc2Cl)nn1. The summed E-state index contributed by atoms with van der Waals surface area (Å²) in [4.78, 5) is 12.3. The summed E-state index contributed by atoms with van der Waals surface area (Å²) in [6.07, 6.45) is 0.0569. The van der Waals surface area contributed by atoms with Gasteiger partial charge in [-0.2, -0.15) is 0 Å². The standard InChI is InChI=1S/C20H19ClN4O2/c1-13(2)27-17-10-6-5-9-16(17)22-18-11-12-19(25-24-18)23-20(26)14-7-3-4-8-15(14)21/h3-13H,1-2H3,(H,22,24)(H,23,25,26). The summed E-state index contributed by atoms with van der Waals surface area (Å²) in [5.41, 5.74) is 1.16. The van der Waals surface area contributed by atoms with Gasteiger partial charge in [-0.05, 0) is 50.2 Å². The van der Waals surface area contributed by atoms with E-state index in [1.807, 2.05) is 38.1 Å². The number of para-hydroxylation sites is 2. The van der Waals surface area contributed by atoms with E-state index in [1.165, 1.54) is 0 Å². The monoisotopic (exact) mass is 382 g/mol. The van der Waals surface area contributed by atoms with Gasteiger partial charge in [0.15, 0.2) is 11.6 Å². The van der Waals surface area contributed by atoms with E-state index in [0.29, 0.717) is 22.2 Å². The Morgan fingerprint density at radius 3 is 2.33 bits per heavy atom. The van der Waals surface area contributed by atoms with Crippen LogP contribution in [-0.2, 0) is 0 Å². The third-order valence-electron chi connectivity index (χ3n) is 3.54. The number of halogens is 1. The molecular formula is C20H19ClN4O2. The maximum absolute atomic E-state index is 12.3. The molecule has 0 spiro atoms. The molecule has 3 rings (SSSR count). The van der Waals surface area contributed by atoms with Crippen LogP contribution in [0.2, 0.25) is 5.02 Å². The molecule has 0 aliphatic carbocycles. The molecule has 27 heavy (non-hydrogen) atoms. The molecule has 1 aromatic heterocycles. The Hall–Kier alpha value is -3.12. The lowest BCUT2D eigenvalue weighted by Gasteiger charge is -2.15. The third kappa shape index (κ3) is 4.95. The van der Waals surface area contributed by atoms with Crippen LogP contribution in [-0.4, -0.2) is 22.2 Å². The van der Waals surface area contributed by atoms with Gasteiger partial charge in [0, 0.05) is 0 Å². The molecule has 2 N–H and O–H groups in total. The van der Waals surface area contributed by atoms with E-state index >= 15 is 0 Å². The van der Waals surface area contributed by atoms with Gasteiger partial charge in [0.2, 0.25) is 0 Å². The van der Waals surface area contributed by atoms with Gasteiger partial charge in [-0.25, -0.2) is 0 Å². The van der Waals surface area contributed by atoms with Crippen LogP contribution in [0, 0.1) is 0 Å². The van der Waals surface area contributed by atoms with E-state index in [4.69, 9.17) is 16.3 Å². The van der Waals surface area contributed by atoms with E-state index in [-0.39, 0.29) is 12.0 Å². The maximum Gasteiger partial charge on any atom is 0.258 e. The summed E-state index contributed by atoms with van der Waals surface area (Å²) in [6, 6.07) is 17.8. The lowest BCUT2D eigenvalue weighted by atomic mass is 10.2. The van der Waals surface area contributed by atoms with Crippen molar-refractivity contribution in [2.45, 2.75) is 20.0 Å². The van der Waals surface area contributed by atoms with Crippen molar-refractivity contribution in [3.05, 3.63) is 71.2 Å². The second-order valence-corrected chi connectivity index (χ2v) is 6.43. The van der Waals surface area contributed by atoms with Crippen molar-refractivity contribution >= 4 is 34.8 Å². The Balaban J connectivity index is 1.69. The van der Waals surface area contributed by atoms with E-state index < -0.39 is 0 Å². The minimum absolute atomic E-state index is 0.0569. The highest BCUT2D eigenvalue weighted by molar-refractivity contribution is 6.34. The molecule has 7 heteroatoms. The van der Waals surface area contributed by atoms with Gasteiger partial charge in [0.1, 0.15) is 5.75 Å². The first-order valence-electron chi connectivity index (χ1n) is 8.45. The molecule has 1 amide bonds. The minimum atomic E-state index is -0.341. The zero-order valence-electron chi connectivity index (χ0n) is 14.9. The number of amides is 1. The van der Waals surface area contributed by atoms with Crippen LogP contribution < -0.4 is 15.4 Å². The van der Waals surface area contributed by atoms with E-state index in [1.54, 1.807) is 36.4 Å². The van der Waals surface area contributed by atoms with Gasteiger partial charge in [0.25, 0.3) is 5.91 Å². The molecule has 138 valence electrons. The second kappa shape index (κ2) is 8.51. The number of benzene rings is 2. The molecule has 0 radical (unpaired) electrons. The smallest absolute Gasteiger partial charge is 0.258 e. The predicted molar refractivity (Wildman–Crippen MR) is 107 cm³/mol. The van der Waals surface area contributed by atoms with Crippen LogP contribution in [0.3, 0.4) is 0 Å². The number of carbonyl (C=O) groups is 1.